The van der Waals surface area contributed by atoms with Crippen LogP contribution in [0, 0.1) is 0 Å². The minimum Gasteiger partial charge on any atom is -0.462 e. The SMILES string of the molecule is CC/C=C\C/C=C\C/C=C\C/C=C\C/C=C\C/C=C\CCCCCCC(=O)OCC(COC(=O)CCCCCCCC/C=C\C/C=C\C/C=C\C/C=C\CC)OC(=O)CCCCCCCCCCCCCCCCCCCCCCC. The van der Waals surface area contributed by atoms with Crippen molar-refractivity contribution in [3.8, 4) is 0 Å². The van der Waals surface area contributed by atoms with Crippen molar-refractivity contribution >= 4 is 17.9 Å². The Balaban J connectivity index is 4.45. The Labute approximate surface area is 501 Å². The molecule has 0 radical (unpaired) electrons. The van der Waals surface area contributed by atoms with Crippen LogP contribution in [0.25, 0.3) is 0 Å². The maximum absolute atomic E-state index is 13.0. The summed E-state index contributed by atoms with van der Waals surface area (Å²) in [5.74, 6) is -0.920. The summed E-state index contributed by atoms with van der Waals surface area (Å²) in [5.41, 5.74) is 0. The smallest absolute Gasteiger partial charge is 0.306 e. The van der Waals surface area contributed by atoms with E-state index in [2.05, 4.69) is 142 Å². The molecule has 0 aromatic heterocycles. The van der Waals surface area contributed by atoms with Crippen LogP contribution < -0.4 is 0 Å². The molecule has 81 heavy (non-hydrogen) atoms. The Bertz CT molecular complexity index is 1670. The van der Waals surface area contributed by atoms with E-state index in [9.17, 15) is 14.4 Å². The van der Waals surface area contributed by atoms with Gasteiger partial charge >= 0.3 is 17.9 Å². The van der Waals surface area contributed by atoms with E-state index in [4.69, 9.17) is 14.2 Å². The zero-order valence-electron chi connectivity index (χ0n) is 53.0. The molecule has 0 aliphatic heterocycles. The number of allylic oxidation sites excluding steroid dienone is 20. The third-order valence-electron chi connectivity index (χ3n) is 14.5. The van der Waals surface area contributed by atoms with E-state index >= 15 is 0 Å². The second kappa shape index (κ2) is 68.3. The van der Waals surface area contributed by atoms with Gasteiger partial charge in [0.1, 0.15) is 13.2 Å². The van der Waals surface area contributed by atoms with Crippen LogP contribution in [0.2, 0.25) is 0 Å². The summed E-state index contributed by atoms with van der Waals surface area (Å²) in [7, 11) is 0. The van der Waals surface area contributed by atoms with Crippen molar-refractivity contribution in [1.82, 2.24) is 0 Å². The molecule has 0 N–H and O–H groups in total. The van der Waals surface area contributed by atoms with Gasteiger partial charge < -0.3 is 14.2 Å². The van der Waals surface area contributed by atoms with E-state index < -0.39 is 6.10 Å². The highest BCUT2D eigenvalue weighted by atomic mass is 16.6. The normalized spacial score (nSPS) is 12.9. The Hall–Kier alpha value is -4.19. The highest BCUT2D eigenvalue weighted by Gasteiger charge is 2.19. The molecule has 0 spiro atoms. The van der Waals surface area contributed by atoms with Gasteiger partial charge in [-0.05, 0) is 109 Å². The molecule has 0 amide bonds. The summed E-state index contributed by atoms with van der Waals surface area (Å²) in [5, 5.41) is 0. The number of unbranched alkanes of at least 4 members (excludes halogenated alkanes) is 30. The van der Waals surface area contributed by atoms with Crippen LogP contribution in [-0.2, 0) is 28.6 Å². The molecule has 0 aliphatic rings. The van der Waals surface area contributed by atoms with Gasteiger partial charge in [0, 0.05) is 19.3 Å². The lowest BCUT2D eigenvalue weighted by atomic mass is 10.0. The molecule has 0 fully saturated rings. The highest BCUT2D eigenvalue weighted by molar-refractivity contribution is 5.71. The molecule has 0 saturated heterocycles. The van der Waals surface area contributed by atoms with Gasteiger partial charge in [-0.1, -0.05) is 309 Å². The number of carbonyl (C=O) groups is 3. The van der Waals surface area contributed by atoms with Gasteiger partial charge in [0.15, 0.2) is 6.10 Å². The van der Waals surface area contributed by atoms with Crippen LogP contribution in [0.1, 0.15) is 316 Å². The quantitative estimate of drug-likeness (QED) is 0.0261. The molecule has 6 nitrogen and oxygen atoms in total. The molecule has 0 aliphatic carbocycles. The Morgan fingerprint density at radius 1 is 0.259 bits per heavy atom. The van der Waals surface area contributed by atoms with Gasteiger partial charge in [0.2, 0.25) is 0 Å². The maximum Gasteiger partial charge on any atom is 0.306 e. The molecule has 0 rings (SSSR count). The number of rotatable bonds is 61. The van der Waals surface area contributed by atoms with E-state index in [-0.39, 0.29) is 31.1 Å². The molecule has 0 saturated carbocycles. The van der Waals surface area contributed by atoms with Crippen LogP contribution in [0.15, 0.2) is 122 Å². The minimum atomic E-state index is -0.799. The fraction of sp³-hybridized carbons (Fsp3) is 0.693. The van der Waals surface area contributed by atoms with Crippen LogP contribution in [0.4, 0.5) is 0 Å². The Morgan fingerprint density at radius 2 is 0.481 bits per heavy atom. The second-order valence-corrected chi connectivity index (χ2v) is 22.3. The average Bonchev–Trinajstić information content (AvgIpc) is 3.47. The van der Waals surface area contributed by atoms with E-state index in [0.29, 0.717) is 19.3 Å². The molecular formula is C75H126O6. The van der Waals surface area contributed by atoms with Crippen LogP contribution in [0.3, 0.4) is 0 Å². The first-order chi connectivity index (χ1) is 40.0. The number of ether oxygens (including phenoxy) is 3. The van der Waals surface area contributed by atoms with Crippen molar-refractivity contribution in [2.24, 2.45) is 0 Å². The van der Waals surface area contributed by atoms with Crippen LogP contribution >= 0.6 is 0 Å². The molecular weight excluding hydrogens is 997 g/mol. The largest absolute Gasteiger partial charge is 0.462 e. The zero-order chi connectivity index (χ0) is 58.5. The number of hydrogen-bond donors (Lipinski definition) is 0. The average molecular weight is 1120 g/mol. The van der Waals surface area contributed by atoms with E-state index in [1.165, 1.54) is 128 Å². The third kappa shape index (κ3) is 66.5. The summed E-state index contributed by atoms with van der Waals surface area (Å²) in [6, 6.07) is 0. The van der Waals surface area contributed by atoms with Gasteiger partial charge in [-0.3, -0.25) is 14.4 Å². The lowest BCUT2D eigenvalue weighted by Crippen LogP contribution is -2.30. The molecule has 0 aromatic rings. The first kappa shape index (κ1) is 76.8. The molecule has 0 bridgehead atoms. The van der Waals surface area contributed by atoms with Gasteiger partial charge in [-0.15, -0.1) is 0 Å². The fourth-order valence-electron chi connectivity index (χ4n) is 9.44. The first-order valence-electron chi connectivity index (χ1n) is 34.0. The maximum atomic E-state index is 13.0. The first-order valence-corrected chi connectivity index (χ1v) is 34.0. The lowest BCUT2D eigenvalue weighted by molar-refractivity contribution is -0.167. The summed E-state index contributed by atoms with van der Waals surface area (Å²) >= 11 is 0. The topological polar surface area (TPSA) is 78.9 Å². The molecule has 0 aromatic carbocycles. The highest BCUT2D eigenvalue weighted by Crippen LogP contribution is 2.17. The minimum absolute atomic E-state index is 0.0942. The van der Waals surface area contributed by atoms with Crippen LogP contribution in [-0.4, -0.2) is 37.2 Å². The molecule has 6 heteroatoms. The summed E-state index contributed by atoms with van der Waals surface area (Å²) in [6.45, 7) is 6.42. The Morgan fingerprint density at radius 3 is 0.753 bits per heavy atom. The molecule has 462 valence electrons. The third-order valence-corrected chi connectivity index (χ3v) is 14.5. The van der Waals surface area contributed by atoms with Gasteiger partial charge in [0.25, 0.3) is 0 Å². The molecule has 1 atom stereocenters. The van der Waals surface area contributed by atoms with Crippen molar-refractivity contribution < 1.29 is 28.6 Å². The standard InChI is InChI=1S/C75H126O6/c1-4-7-10-13-16-19-22-25-28-31-34-36-37-39-41-44-47-50-53-56-59-62-65-68-74(77)80-71-72(70-79-73(76)67-64-61-58-55-52-49-46-43-40-33-30-27-24-21-18-15-12-9-6-3)81-75(78)69-66-63-60-57-54-51-48-45-42-38-35-32-29-26-23-20-17-14-11-8-5-2/h7,9-10,12,16,18-19,21,25,27-28,30,34,36,39-41,43,47,50,72H,4-6,8,11,13-15,17,20,22-24,26,29,31-33,35,37-38,42,44-46,48-49,51-71H2,1-3H3/b10-7-,12-9-,19-16-,21-18-,28-25-,30-27-,36-34-,41-39-,43-40-,50-47-. The number of hydrogen-bond acceptors (Lipinski definition) is 6. The van der Waals surface area contributed by atoms with E-state index in [1.54, 1.807) is 0 Å². The zero-order valence-corrected chi connectivity index (χ0v) is 53.0. The summed E-state index contributed by atoms with van der Waals surface area (Å²) < 4.78 is 17.0. The number of esters is 3. The van der Waals surface area contributed by atoms with Crippen molar-refractivity contribution in [2.75, 3.05) is 13.2 Å². The van der Waals surface area contributed by atoms with Crippen molar-refractivity contribution in [3.63, 3.8) is 0 Å². The van der Waals surface area contributed by atoms with Crippen molar-refractivity contribution in [2.45, 2.75) is 322 Å². The predicted octanol–water partition coefficient (Wildman–Crippen LogP) is 23.6. The van der Waals surface area contributed by atoms with E-state index in [0.717, 1.165) is 148 Å². The van der Waals surface area contributed by atoms with Gasteiger partial charge in [0.05, 0.1) is 0 Å². The second-order valence-electron chi connectivity index (χ2n) is 22.3. The Kier molecular flexibility index (Phi) is 64.8. The van der Waals surface area contributed by atoms with E-state index in [1.807, 2.05) is 0 Å². The van der Waals surface area contributed by atoms with Crippen molar-refractivity contribution in [1.29, 1.82) is 0 Å². The number of carbonyl (C=O) groups excluding carboxylic acids is 3. The predicted molar refractivity (Wildman–Crippen MR) is 353 cm³/mol. The van der Waals surface area contributed by atoms with Gasteiger partial charge in [-0.2, -0.15) is 0 Å². The van der Waals surface area contributed by atoms with Gasteiger partial charge in [-0.25, -0.2) is 0 Å². The monoisotopic (exact) mass is 1120 g/mol. The van der Waals surface area contributed by atoms with Crippen molar-refractivity contribution in [3.05, 3.63) is 122 Å². The lowest BCUT2D eigenvalue weighted by Gasteiger charge is -2.18. The molecule has 0 heterocycles. The summed E-state index contributed by atoms with van der Waals surface area (Å²) in [6.07, 6.45) is 94.9. The summed E-state index contributed by atoms with van der Waals surface area (Å²) in [4.78, 5) is 38.5. The van der Waals surface area contributed by atoms with Crippen LogP contribution in [0.5, 0.6) is 0 Å². The fourth-order valence-corrected chi connectivity index (χ4v) is 9.44. The molecule has 1 unspecified atom stereocenters.